The monoisotopic (exact) mass is 210 g/mol. The molecule has 2 atom stereocenters. The second-order valence-electron chi connectivity index (χ2n) is 5.83. The van der Waals surface area contributed by atoms with Crippen LogP contribution < -0.4 is 5.73 Å². The Hall–Kier alpha value is -0.0800. The first-order valence-electron chi connectivity index (χ1n) is 6.68. The fourth-order valence-corrected chi connectivity index (χ4v) is 3.01. The molecule has 15 heavy (non-hydrogen) atoms. The summed E-state index contributed by atoms with van der Waals surface area (Å²) in [4.78, 5) is 2.64. The molecule has 0 radical (unpaired) electrons. The molecule has 1 saturated heterocycles. The van der Waals surface area contributed by atoms with Crippen molar-refractivity contribution in [3.05, 3.63) is 0 Å². The molecule has 2 unspecified atom stereocenters. The molecule has 2 aliphatic rings. The lowest BCUT2D eigenvalue weighted by Crippen LogP contribution is -2.58. The molecule has 88 valence electrons. The molecular weight excluding hydrogens is 184 g/mol. The summed E-state index contributed by atoms with van der Waals surface area (Å²) in [6.45, 7) is 7.29. The lowest BCUT2D eigenvalue weighted by molar-refractivity contribution is 0.0152. The molecule has 1 heterocycles. The van der Waals surface area contributed by atoms with Gasteiger partial charge in [0.2, 0.25) is 0 Å². The summed E-state index contributed by atoms with van der Waals surface area (Å²) in [6.07, 6.45) is 6.71. The molecule has 2 heteroatoms. The maximum atomic E-state index is 6.27. The fourth-order valence-electron chi connectivity index (χ4n) is 3.01. The van der Waals surface area contributed by atoms with E-state index in [2.05, 4.69) is 18.7 Å². The summed E-state index contributed by atoms with van der Waals surface area (Å²) in [5.41, 5.74) is 6.27. The lowest BCUT2D eigenvalue weighted by Gasteiger charge is -2.47. The normalized spacial score (nSPS) is 35.2. The van der Waals surface area contributed by atoms with E-state index in [9.17, 15) is 0 Å². The zero-order valence-electron chi connectivity index (χ0n) is 10.3. The minimum Gasteiger partial charge on any atom is -0.326 e. The summed E-state index contributed by atoms with van der Waals surface area (Å²) < 4.78 is 0. The Morgan fingerprint density at radius 2 is 1.73 bits per heavy atom. The van der Waals surface area contributed by atoms with E-state index in [0.29, 0.717) is 12.1 Å². The molecule has 0 aromatic rings. The van der Waals surface area contributed by atoms with Crippen LogP contribution in [0.1, 0.15) is 46.0 Å². The highest BCUT2D eigenvalue weighted by Gasteiger charge is 2.36. The van der Waals surface area contributed by atoms with E-state index in [4.69, 9.17) is 5.73 Å². The summed E-state index contributed by atoms with van der Waals surface area (Å²) in [6, 6.07) is 1.14. The van der Waals surface area contributed by atoms with E-state index in [-0.39, 0.29) is 0 Å². The predicted octanol–water partition coefficient (Wildman–Crippen LogP) is 2.23. The lowest BCUT2D eigenvalue weighted by atomic mass is 9.85. The molecule has 1 aliphatic carbocycles. The summed E-state index contributed by atoms with van der Waals surface area (Å²) in [5.74, 6) is 1.78. The Bertz CT molecular complexity index is 197. The SMILES string of the molecule is CC(C)C1CN(C2CCCCCC2N)C1. The average Bonchev–Trinajstić information content (AvgIpc) is 2.28. The molecule has 0 spiro atoms. The molecule has 2 nitrogen and oxygen atoms in total. The quantitative estimate of drug-likeness (QED) is 0.708. The highest BCUT2D eigenvalue weighted by molar-refractivity contribution is 4.92. The Morgan fingerprint density at radius 1 is 1.07 bits per heavy atom. The molecule has 0 aromatic heterocycles. The third-order valence-electron chi connectivity index (χ3n) is 4.38. The average molecular weight is 210 g/mol. The molecule has 1 saturated carbocycles. The maximum absolute atomic E-state index is 6.27. The first-order valence-corrected chi connectivity index (χ1v) is 6.68. The highest BCUT2D eigenvalue weighted by Crippen LogP contribution is 2.30. The molecule has 0 amide bonds. The van der Waals surface area contributed by atoms with Gasteiger partial charge >= 0.3 is 0 Å². The van der Waals surface area contributed by atoms with Gasteiger partial charge in [-0.1, -0.05) is 33.1 Å². The van der Waals surface area contributed by atoms with Crippen molar-refractivity contribution in [1.29, 1.82) is 0 Å². The summed E-state index contributed by atoms with van der Waals surface area (Å²) in [5, 5.41) is 0. The van der Waals surface area contributed by atoms with E-state index in [1.165, 1.54) is 45.2 Å². The van der Waals surface area contributed by atoms with Gasteiger partial charge in [-0.05, 0) is 24.7 Å². The molecular formula is C13H26N2. The van der Waals surface area contributed by atoms with Crippen molar-refractivity contribution in [3.8, 4) is 0 Å². The second kappa shape index (κ2) is 4.84. The Labute approximate surface area is 94.2 Å². The molecule has 2 N–H and O–H groups in total. The van der Waals surface area contributed by atoms with Crippen LogP contribution >= 0.6 is 0 Å². The maximum Gasteiger partial charge on any atom is 0.0247 e. The van der Waals surface area contributed by atoms with Crippen LogP contribution in [-0.4, -0.2) is 30.1 Å². The predicted molar refractivity (Wildman–Crippen MR) is 64.7 cm³/mol. The summed E-state index contributed by atoms with van der Waals surface area (Å²) in [7, 11) is 0. The van der Waals surface area contributed by atoms with Crippen LogP contribution in [0, 0.1) is 11.8 Å². The van der Waals surface area contributed by atoms with Crippen LogP contribution in [0.2, 0.25) is 0 Å². The van der Waals surface area contributed by atoms with E-state index in [1.54, 1.807) is 0 Å². The number of nitrogens with two attached hydrogens (primary N) is 1. The van der Waals surface area contributed by atoms with Crippen molar-refractivity contribution >= 4 is 0 Å². The van der Waals surface area contributed by atoms with Crippen molar-refractivity contribution in [1.82, 2.24) is 4.90 Å². The first-order chi connectivity index (χ1) is 7.18. The van der Waals surface area contributed by atoms with Gasteiger partial charge in [0.1, 0.15) is 0 Å². The summed E-state index contributed by atoms with van der Waals surface area (Å²) >= 11 is 0. The Balaban J connectivity index is 1.83. The van der Waals surface area contributed by atoms with Crippen LogP contribution in [0.15, 0.2) is 0 Å². The molecule has 0 aromatic carbocycles. The number of rotatable bonds is 2. The smallest absolute Gasteiger partial charge is 0.0247 e. The third kappa shape index (κ3) is 2.54. The van der Waals surface area contributed by atoms with Gasteiger partial charge < -0.3 is 5.73 Å². The van der Waals surface area contributed by atoms with Gasteiger partial charge in [0.15, 0.2) is 0 Å². The van der Waals surface area contributed by atoms with Crippen molar-refractivity contribution in [2.75, 3.05) is 13.1 Å². The third-order valence-corrected chi connectivity index (χ3v) is 4.38. The highest BCUT2D eigenvalue weighted by atomic mass is 15.2. The Morgan fingerprint density at radius 3 is 2.40 bits per heavy atom. The van der Waals surface area contributed by atoms with Gasteiger partial charge in [-0.15, -0.1) is 0 Å². The zero-order valence-corrected chi connectivity index (χ0v) is 10.3. The standard InChI is InChI=1S/C13H26N2/c1-10(2)11-8-15(9-11)13-7-5-3-4-6-12(13)14/h10-13H,3-9,14H2,1-2H3. The van der Waals surface area contributed by atoms with Gasteiger partial charge in [0.05, 0.1) is 0 Å². The number of nitrogens with zero attached hydrogens (tertiary/aromatic N) is 1. The van der Waals surface area contributed by atoms with E-state index in [1.807, 2.05) is 0 Å². The van der Waals surface area contributed by atoms with Crippen LogP contribution in [0.4, 0.5) is 0 Å². The van der Waals surface area contributed by atoms with Gasteiger partial charge in [-0.3, -0.25) is 4.90 Å². The number of hydrogen-bond acceptors (Lipinski definition) is 2. The minimum absolute atomic E-state index is 0.445. The topological polar surface area (TPSA) is 29.3 Å². The van der Waals surface area contributed by atoms with E-state index >= 15 is 0 Å². The second-order valence-corrected chi connectivity index (χ2v) is 5.83. The van der Waals surface area contributed by atoms with Crippen molar-refractivity contribution in [3.63, 3.8) is 0 Å². The van der Waals surface area contributed by atoms with Crippen molar-refractivity contribution in [2.45, 2.75) is 58.0 Å². The number of likely N-dealkylation sites (tertiary alicyclic amines) is 1. The van der Waals surface area contributed by atoms with Gasteiger partial charge in [-0.25, -0.2) is 0 Å². The molecule has 1 aliphatic heterocycles. The fraction of sp³-hybridized carbons (Fsp3) is 1.00. The molecule has 2 fully saturated rings. The van der Waals surface area contributed by atoms with E-state index < -0.39 is 0 Å². The molecule has 2 rings (SSSR count). The number of hydrogen-bond donors (Lipinski definition) is 1. The minimum atomic E-state index is 0.445. The van der Waals surface area contributed by atoms with Crippen LogP contribution in [-0.2, 0) is 0 Å². The van der Waals surface area contributed by atoms with Gasteiger partial charge in [-0.2, -0.15) is 0 Å². The van der Waals surface area contributed by atoms with Gasteiger partial charge in [0.25, 0.3) is 0 Å². The van der Waals surface area contributed by atoms with Crippen molar-refractivity contribution < 1.29 is 0 Å². The van der Waals surface area contributed by atoms with Crippen LogP contribution in [0.3, 0.4) is 0 Å². The van der Waals surface area contributed by atoms with Crippen LogP contribution in [0.5, 0.6) is 0 Å². The largest absolute Gasteiger partial charge is 0.326 e. The van der Waals surface area contributed by atoms with Crippen LogP contribution in [0.25, 0.3) is 0 Å². The van der Waals surface area contributed by atoms with E-state index in [0.717, 1.165) is 11.8 Å². The van der Waals surface area contributed by atoms with Gasteiger partial charge in [0, 0.05) is 25.2 Å². The molecule has 0 bridgehead atoms. The Kier molecular flexibility index (Phi) is 3.68. The first kappa shape index (κ1) is 11.4. The zero-order chi connectivity index (χ0) is 10.8. The van der Waals surface area contributed by atoms with Crippen molar-refractivity contribution in [2.24, 2.45) is 17.6 Å².